The summed E-state index contributed by atoms with van der Waals surface area (Å²) in [4.78, 5) is 12.7. The van der Waals surface area contributed by atoms with Gasteiger partial charge in [-0.2, -0.15) is 13.2 Å². The largest absolute Gasteiger partial charge is 0.416 e. The molecule has 0 unspecified atom stereocenters. The topological polar surface area (TPSA) is 85.8 Å². The van der Waals surface area contributed by atoms with Crippen LogP contribution in [0.5, 0.6) is 0 Å². The second-order valence-electron chi connectivity index (χ2n) is 7.39. The van der Waals surface area contributed by atoms with Gasteiger partial charge in [-0.15, -0.1) is 5.10 Å². The number of rotatable bonds is 6. The Kier molecular flexibility index (Phi) is 6.12. The third-order valence-corrected chi connectivity index (χ3v) is 5.11. The summed E-state index contributed by atoms with van der Waals surface area (Å²) in [7, 11) is 0. The molecule has 0 saturated carbocycles. The van der Waals surface area contributed by atoms with Gasteiger partial charge in [0.1, 0.15) is 0 Å². The average molecular weight is 451 g/mol. The van der Waals surface area contributed by atoms with Crippen LogP contribution in [0.25, 0.3) is 11.1 Å². The van der Waals surface area contributed by atoms with Crippen LogP contribution in [0, 0.1) is 0 Å². The number of benzene rings is 3. The summed E-state index contributed by atoms with van der Waals surface area (Å²) >= 11 is 0. The minimum atomic E-state index is -4.43. The molecular weight excluding hydrogens is 431 g/mol. The van der Waals surface area contributed by atoms with Crippen LogP contribution in [0.15, 0.2) is 79.0 Å². The summed E-state index contributed by atoms with van der Waals surface area (Å²) in [5.41, 5.74) is 8.18. The number of carbonyl (C=O) groups is 1. The van der Waals surface area contributed by atoms with Crippen molar-refractivity contribution in [3.63, 3.8) is 0 Å². The van der Waals surface area contributed by atoms with Crippen molar-refractivity contribution in [2.45, 2.75) is 19.1 Å². The first-order chi connectivity index (χ1) is 15.8. The number of nitrogens with zero attached hydrogens (tertiary/aromatic N) is 3. The molecule has 1 aromatic heterocycles. The van der Waals surface area contributed by atoms with Crippen LogP contribution in [0.3, 0.4) is 0 Å². The van der Waals surface area contributed by atoms with Gasteiger partial charge in [0.25, 0.3) is 5.91 Å². The van der Waals surface area contributed by atoms with E-state index in [0.717, 1.165) is 17.2 Å². The maximum Gasteiger partial charge on any atom is 0.416 e. The summed E-state index contributed by atoms with van der Waals surface area (Å²) in [5, 5.41) is 10.4. The van der Waals surface area contributed by atoms with E-state index in [2.05, 4.69) is 15.6 Å². The molecule has 0 saturated heterocycles. The highest BCUT2D eigenvalue weighted by molar-refractivity contribution is 6.04. The summed E-state index contributed by atoms with van der Waals surface area (Å²) in [6, 6.07) is 20.3. The van der Waals surface area contributed by atoms with Crippen molar-refractivity contribution in [2.24, 2.45) is 0 Å². The third kappa shape index (κ3) is 5.20. The fourth-order valence-electron chi connectivity index (χ4n) is 3.42. The molecule has 0 spiro atoms. The molecule has 0 atom stereocenters. The Balaban J connectivity index is 1.45. The van der Waals surface area contributed by atoms with Crippen LogP contribution >= 0.6 is 0 Å². The first-order valence-corrected chi connectivity index (χ1v) is 10.1. The Morgan fingerprint density at radius 1 is 0.970 bits per heavy atom. The van der Waals surface area contributed by atoms with Crippen molar-refractivity contribution >= 4 is 17.3 Å². The lowest BCUT2D eigenvalue weighted by Gasteiger charge is -2.12. The van der Waals surface area contributed by atoms with E-state index < -0.39 is 17.6 Å². The molecule has 0 aliphatic carbocycles. The normalized spacial score (nSPS) is 11.4. The van der Waals surface area contributed by atoms with Gasteiger partial charge in [0, 0.05) is 6.54 Å². The van der Waals surface area contributed by atoms with Crippen molar-refractivity contribution in [1.82, 2.24) is 15.0 Å². The highest BCUT2D eigenvalue weighted by Crippen LogP contribution is 2.32. The van der Waals surface area contributed by atoms with Crippen molar-refractivity contribution in [2.75, 3.05) is 11.1 Å². The van der Waals surface area contributed by atoms with Gasteiger partial charge in [0.2, 0.25) is 0 Å². The molecule has 6 nitrogen and oxygen atoms in total. The Bertz CT molecular complexity index is 1270. The number of hydrogen-bond donors (Lipinski definition) is 2. The molecule has 3 N–H and O–H groups in total. The minimum Gasteiger partial charge on any atom is -0.397 e. The van der Waals surface area contributed by atoms with Crippen LogP contribution in [-0.2, 0) is 19.1 Å². The monoisotopic (exact) mass is 451 g/mol. The van der Waals surface area contributed by atoms with Gasteiger partial charge >= 0.3 is 6.18 Å². The molecule has 168 valence electrons. The van der Waals surface area contributed by atoms with E-state index in [1.165, 1.54) is 23.0 Å². The molecular formula is C24H20F3N5O. The average Bonchev–Trinajstić information content (AvgIpc) is 3.28. The number of nitrogens with one attached hydrogen (secondary N) is 1. The molecule has 0 aliphatic heterocycles. The second-order valence-corrected chi connectivity index (χ2v) is 7.39. The Morgan fingerprint density at radius 3 is 2.45 bits per heavy atom. The van der Waals surface area contributed by atoms with Gasteiger partial charge in [-0.25, -0.2) is 0 Å². The fourth-order valence-corrected chi connectivity index (χ4v) is 3.42. The molecule has 0 aliphatic rings. The number of anilines is 2. The first kappa shape index (κ1) is 22.1. The van der Waals surface area contributed by atoms with Crippen LogP contribution in [0.4, 0.5) is 24.5 Å². The quantitative estimate of drug-likeness (QED) is 0.402. The Labute approximate surface area is 187 Å². The van der Waals surface area contributed by atoms with Crippen LogP contribution in [-0.4, -0.2) is 20.9 Å². The van der Waals surface area contributed by atoms with E-state index in [1.807, 2.05) is 36.4 Å². The van der Waals surface area contributed by atoms with E-state index in [4.69, 9.17) is 5.73 Å². The zero-order valence-corrected chi connectivity index (χ0v) is 17.4. The molecule has 1 heterocycles. The molecule has 1 amide bonds. The molecule has 0 bridgehead atoms. The second kappa shape index (κ2) is 9.15. The maximum atomic E-state index is 13.2. The van der Waals surface area contributed by atoms with Crippen molar-refractivity contribution in [1.29, 1.82) is 0 Å². The van der Waals surface area contributed by atoms with Crippen LogP contribution in [0.1, 0.15) is 21.6 Å². The highest BCUT2D eigenvalue weighted by atomic mass is 19.4. The third-order valence-electron chi connectivity index (χ3n) is 5.11. The molecule has 9 heteroatoms. The molecule has 4 aromatic rings. The van der Waals surface area contributed by atoms with Gasteiger partial charge in [-0.05, 0) is 41.3 Å². The number of aryl methyl sites for hydroxylation is 2. The number of nitrogens with two attached hydrogens (primary N) is 1. The van der Waals surface area contributed by atoms with Crippen molar-refractivity contribution in [3.05, 3.63) is 95.8 Å². The summed E-state index contributed by atoms with van der Waals surface area (Å²) in [5.74, 6) is -0.520. The fraction of sp³-hybridized carbons (Fsp3) is 0.125. The van der Waals surface area contributed by atoms with Crippen molar-refractivity contribution in [3.8, 4) is 11.1 Å². The molecule has 4 rings (SSSR count). The molecule has 33 heavy (non-hydrogen) atoms. The van der Waals surface area contributed by atoms with E-state index >= 15 is 0 Å². The number of hydrogen-bond acceptors (Lipinski definition) is 4. The number of halogens is 3. The van der Waals surface area contributed by atoms with E-state index in [9.17, 15) is 18.0 Å². The van der Waals surface area contributed by atoms with Gasteiger partial charge in [-0.3, -0.25) is 9.48 Å². The summed E-state index contributed by atoms with van der Waals surface area (Å²) < 4.78 is 40.8. The predicted molar refractivity (Wildman–Crippen MR) is 119 cm³/mol. The van der Waals surface area contributed by atoms with Gasteiger partial charge < -0.3 is 11.1 Å². The lowest BCUT2D eigenvalue weighted by molar-refractivity contribution is -0.138. The first-order valence-electron chi connectivity index (χ1n) is 10.1. The van der Waals surface area contributed by atoms with Crippen LogP contribution < -0.4 is 11.1 Å². The van der Waals surface area contributed by atoms with Crippen molar-refractivity contribution < 1.29 is 18.0 Å². The lowest BCUT2D eigenvalue weighted by atomic mass is 10.0. The summed E-state index contributed by atoms with van der Waals surface area (Å²) in [6.45, 7) is 0.138. The number of carbonyl (C=O) groups excluding carboxylic acids is 1. The van der Waals surface area contributed by atoms with E-state index in [-0.39, 0.29) is 24.2 Å². The number of amides is 1. The zero-order valence-electron chi connectivity index (χ0n) is 17.4. The smallest absolute Gasteiger partial charge is 0.397 e. The molecule has 3 aromatic carbocycles. The maximum absolute atomic E-state index is 13.2. The lowest BCUT2D eigenvalue weighted by Crippen LogP contribution is -2.14. The minimum absolute atomic E-state index is 0.0311. The number of nitrogen functional groups attached to an aromatic ring is 1. The standard InChI is InChI=1S/C24H20F3N5O/c25-24(26,27)19-9-5-4-8-17(19)12-13-32-15-22(30-31-32)23(33)29-21-14-18(10-11-20(21)28)16-6-2-1-3-7-16/h1-11,14-15H,12-13,28H2,(H,29,33). The zero-order chi connectivity index (χ0) is 23.4. The van der Waals surface area contributed by atoms with E-state index in [1.54, 1.807) is 18.2 Å². The van der Waals surface area contributed by atoms with Gasteiger partial charge in [0.15, 0.2) is 5.69 Å². The predicted octanol–water partition coefficient (Wildman–Crippen LogP) is 5.04. The Hall–Kier alpha value is -4.14. The SMILES string of the molecule is Nc1ccc(-c2ccccc2)cc1NC(=O)c1cn(CCc2ccccc2C(F)(F)F)nn1. The molecule has 0 fully saturated rings. The van der Waals surface area contributed by atoms with Gasteiger partial charge in [0.05, 0.1) is 23.1 Å². The van der Waals surface area contributed by atoms with Crippen LogP contribution in [0.2, 0.25) is 0 Å². The Morgan fingerprint density at radius 2 is 1.70 bits per heavy atom. The highest BCUT2D eigenvalue weighted by Gasteiger charge is 2.32. The molecule has 0 radical (unpaired) electrons. The van der Waals surface area contributed by atoms with Gasteiger partial charge in [-0.1, -0.05) is 59.8 Å². The number of alkyl halides is 3. The van der Waals surface area contributed by atoms with E-state index in [0.29, 0.717) is 11.4 Å². The number of aromatic nitrogens is 3. The summed E-state index contributed by atoms with van der Waals surface area (Å²) in [6.07, 6.45) is -2.95.